The molecule has 84 valence electrons. The summed E-state index contributed by atoms with van der Waals surface area (Å²) < 4.78 is 0. The number of nitrogens with zero attached hydrogens (tertiary/aromatic N) is 2. The monoisotopic (exact) mass is 200 g/mol. The molecule has 1 unspecified atom stereocenters. The first kappa shape index (κ1) is 12.0. The molecule has 1 rings (SSSR count). The standard InChI is InChI=1S/C11H24N2O/c1-10(9-14)8-13-6-4-11(5-7-13)12(2)3/h10-11,14H,4-9H2,1-3H3. The van der Waals surface area contributed by atoms with Gasteiger partial charge in [-0.15, -0.1) is 0 Å². The highest BCUT2D eigenvalue weighted by molar-refractivity contribution is 4.77. The zero-order valence-corrected chi connectivity index (χ0v) is 9.74. The minimum atomic E-state index is 0.313. The average molecular weight is 200 g/mol. The average Bonchev–Trinajstić information content (AvgIpc) is 2.18. The van der Waals surface area contributed by atoms with E-state index in [1.807, 2.05) is 0 Å². The molecule has 1 fully saturated rings. The van der Waals surface area contributed by atoms with Gasteiger partial charge in [-0.1, -0.05) is 6.92 Å². The van der Waals surface area contributed by atoms with E-state index >= 15 is 0 Å². The van der Waals surface area contributed by atoms with Crippen LogP contribution in [0.15, 0.2) is 0 Å². The van der Waals surface area contributed by atoms with Crippen molar-refractivity contribution in [3.05, 3.63) is 0 Å². The van der Waals surface area contributed by atoms with E-state index in [0.717, 1.165) is 12.6 Å². The highest BCUT2D eigenvalue weighted by Gasteiger charge is 2.21. The number of piperidine rings is 1. The Kier molecular flexibility index (Phi) is 4.85. The lowest BCUT2D eigenvalue weighted by Gasteiger charge is -2.36. The highest BCUT2D eigenvalue weighted by atomic mass is 16.3. The smallest absolute Gasteiger partial charge is 0.0468 e. The van der Waals surface area contributed by atoms with Crippen molar-refractivity contribution < 1.29 is 5.11 Å². The molecule has 0 amide bonds. The minimum Gasteiger partial charge on any atom is -0.396 e. The van der Waals surface area contributed by atoms with Crippen molar-refractivity contribution in [1.29, 1.82) is 0 Å². The van der Waals surface area contributed by atoms with Gasteiger partial charge in [-0.05, 0) is 45.9 Å². The van der Waals surface area contributed by atoms with Crippen LogP contribution in [0.1, 0.15) is 19.8 Å². The molecule has 0 aromatic rings. The van der Waals surface area contributed by atoms with Crippen molar-refractivity contribution in [3.63, 3.8) is 0 Å². The van der Waals surface area contributed by atoms with Gasteiger partial charge in [0.25, 0.3) is 0 Å². The van der Waals surface area contributed by atoms with Crippen molar-refractivity contribution in [2.24, 2.45) is 5.92 Å². The molecule has 3 nitrogen and oxygen atoms in total. The lowest BCUT2D eigenvalue weighted by molar-refractivity contribution is 0.115. The first-order valence-corrected chi connectivity index (χ1v) is 5.63. The Balaban J connectivity index is 2.22. The van der Waals surface area contributed by atoms with Crippen LogP contribution < -0.4 is 0 Å². The Morgan fingerprint density at radius 3 is 2.36 bits per heavy atom. The molecule has 0 aliphatic carbocycles. The Bertz CT molecular complexity index is 153. The zero-order valence-electron chi connectivity index (χ0n) is 9.74. The second-order valence-electron chi connectivity index (χ2n) is 4.78. The van der Waals surface area contributed by atoms with Gasteiger partial charge in [0.05, 0.1) is 0 Å². The minimum absolute atomic E-state index is 0.313. The van der Waals surface area contributed by atoms with Crippen LogP contribution in [0.2, 0.25) is 0 Å². The lowest BCUT2D eigenvalue weighted by Crippen LogP contribution is -2.43. The van der Waals surface area contributed by atoms with Crippen LogP contribution in [0, 0.1) is 5.92 Å². The van der Waals surface area contributed by atoms with Crippen LogP contribution in [-0.4, -0.2) is 61.3 Å². The van der Waals surface area contributed by atoms with Crippen molar-refractivity contribution in [2.45, 2.75) is 25.8 Å². The van der Waals surface area contributed by atoms with Crippen molar-refractivity contribution in [3.8, 4) is 0 Å². The van der Waals surface area contributed by atoms with E-state index < -0.39 is 0 Å². The van der Waals surface area contributed by atoms with Crippen LogP contribution >= 0.6 is 0 Å². The molecule has 0 radical (unpaired) electrons. The summed E-state index contributed by atoms with van der Waals surface area (Å²) in [6.45, 7) is 5.85. The summed E-state index contributed by atoms with van der Waals surface area (Å²) in [4.78, 5) is 4.80. The fourth-order valence-electron chi connectivity index (χ4n) is 2.12. The van der Waals surface area contributed by atoms with E-state index in [4.69, 9.17) is 5.11 Å². The summed E-state index contributed by atoms with van der Waals surface area (Å²) >= 11 is 0. The number of hydrogen-bond acceptors (Lipinski definition) is 3. The van der Waals surface area contributed by atoms with E-state index in [-0.39, 0.29) is 0 Å². The topological polar surface area (TPSA) is 26.7 Å². The molecule has 1 saturated heterocycles. The first-order chi connectivity index (χ1) is 6.63. The number of rotatable bonds is 4. The Morgan fingerprint density at radius 1 is 1.36 bits per heavy atom. The van der Waals surface area contributed by atoms with E-state index in [1.54, 1.807) is 0 Å². The van der Waals surface area contributed by atoms with Crippen LogP contribution in [-0.2, 0) is 0 Å². The molecule has 0 bridgehead atoms. The maximum Gasteiger partial charge on any atom is 0.0468 e. The SMILES string of the molecule is CC(CO)CN1CCC(N(C)C)CC1. The molecule has 1 aliphatic rings. The summed E-state index contributed by atoms with van der Waals surface area (Å²) in [6.07, 6.45) is 2.54. The maximum atomic E-state index is 8.97. The zero-order chi connectivity index (χ0) is 10.6. The molecule has 1 atom stereocenters. The fraction of sp³-hybridized carbons (Fsp3) is 1.00. The van der Waals surface area contributed by atoms with Gasteiger partial charge in [-0.25, -0.2) is 0 Å². The molecule has 0 aromatic carbocycles. The largest absolute Gasteiger partial charge is 0.396 e. The molecule has 1 aliphatic heterocycles. The lowest BCUT2D eigenvalue weighted by atomic mass is 10.0. The number of aliphatic hydroxyl groups excluding tert-OH is 1. The van der Waals surface area contributed by atoms with Crippen LogP contribution in [0.3, 0.4) is 0 Å². The molecule has 3 heteroatoms. The maximum absolute atomic E-state index is 8.97. The van der Waals surface area contributed by atoms with Gasteiger partial charge < -0.3 is 14.9 Å². The molecule has 14 heavy (non-hydrogen) atoms. The van der Waals surface area contributed by atoms with E-state index in [2.05, 4.69) is 30.8 Å². The van der Waals surface area contributed by atoms with Crippen LogP contribution in [0.5, 0.6) is 0 Å². The van der Waals surface area contributed by atoms with Gasteiger partial charge in [-0.3, -0.25) is 0 Å². The van der Waals surface area contributed by atoms with E-state index in [0.29, 0.717) is 12.5 Å². The van der Waals surface area contributed by atoms with Crippen molar-refractivity contribution >= 4 is 0 Å². The quantitative estimate of drug-likeness (QED) is 0.721. The third-order valence-electron chi connectivity index (χ3n) is 3.17. The molecule has 0 spiro atoms. The third-order valence-corrected chi connectivity index (χ3v) is 3.17. The number of hydrogen-bond donors (Lipinski definition) is 1. The van der Waals surface area contributed by atoms with Crippen LogP contribution in [0.25, 0.3) is 0 Å². The Labute approximate surface area is 87.7 Å². The number of aliphatic hydroxyl groups is 1. The predicted octanol–water partition coefficient (Wildman–Crippen LogP) is 0.641. The van der Waals surface area contributed by atoms with Crippen LogP contribution in [0.4, 0.5) is 0 Å². The summed E-state index contributed by atoms with van der Waals surface area (Å²) in [7, 11) is 4.33. The first-order valence-electron chi connectivity index (χ1n) is 5.63. The van der Waals surface area contributed by atoms with Gasteiger partial charge in [0.1, 0.15) is 0 Å². The molecule has 0 saturated carbocycles. The molecular weight excluding hydrogens is 176 g/mol. The normalized spacial score (nSPS) is 22.9. The second kappa shape index (κ2) is 5.69. The van der Waals surface area contributed by atoms with E-state index in [1.165, 1.54) is 25.9 Å². The summed E-state index contributed by atoms with van der Waals surface area (Å²) in [5.41, 5.74) is 0. The van der Waals surface area contributed by atoms with Gasteiger partial charge in [-0.2, -0.15) is 0 Å². The van der Waals surface area contributed by atoms with Gasteiger partial charge >= 0.3 is 0 Å². The molecule has 1 heterocycles. The Hall–Kier alpha value is -0.120. The predicted molar refractivity (Wildman–Crippen MR) is 59.4 cm³/mol. The Morgan fingerprint density at radius 2 is 1.93 bits per heavy atom. The highest BCUT2D eigenvalue weighted by Crippen LogP contribution is 2.15. The molecular formula is C11H24N2O. The van der Waals surface area contributed by atoms with Gasteiger partial charge in [0.15, 0.2) is 0 Å². The van der Waals surface area contributed by atoms with Gasteiger partial charge in [0, 0.05) is 19.2 Å². The summed E-state index contributed by atoms with van der Waals surface area (Å²) in [5.74, 6) is 0.422. The number of likely N-dealkylation sites (tertiary alicyclic amines) is 1. The third kappa shape index (κ3) is 3.56. The van der Waals surface area contributed by atoms with Crippen molar-refractivity contribution in [2.75, 3.05) is 40.3 Å². The second-order valence-corrected chi connectivity index (χ2v) is 4.78. The fourth-order valence-corrected chi connectivity index (χ4v) is 2.12. The van der Waals surface area contributed by atoms with Gasteiger partial charge in [0.2, 0.25) is 0 Å². The van der Waals surface area contributed by atoms with Crippen molar-refractivity contribution in [1.82, 2.24) is 9.80 Å². The molecule has 1 N–H and O–H groups in total. The summed E-state index contributed by atoms with van der Waals surface area (Å²) in [5, 5.41) is 8.97. The summed E-state index contributed by atoms with van der Waals surface area (Å²) in [6, 6.07) is 0.760. The van der Waals surface area contributed by atoms with E-state index in [9.17, 15) is 0 Å². The molecule has 0 aromatic heterocycles.